The van der Waals surface area contributed by atoms with Gasteiger partial charge >= 0.3 is 0 Å². The third-order valence-electron chi connectivity index (χ3n) is 8.35. The topological polar surface area (TPSA) is 86.9 Å². The van der Waals surface area contributed by atoms with Gasteiger partial charge in [-0.25, -0.2) is 0 Å². The molecular weight excluding hydrogens is 464 g/mol. The number of hydrogen-bond acceptors (Lipinski definition) is 4. The predicted octanol–water partition coefficient (Wildman–Crippen LogP) is 3.31. The van der Waals surface area contributed by atoms with Gasteiger partial charge in [-0.3, -0.25) is 19.3 Å². The van der Waals surface area contributed by atoms with Crippen molar-refractivity contribution in [3.8, 4) is 0 Å². The van der Waals surface area contributed by atoms with Gasteiger partial charge in [0, 0.05) is 68.6 Å². The van der Waals surface area contributed by atoms with Crippen LogP contribution >= 0.6 is 11.6 Å². The van der Waals surface area contributed by atoms with Crippen LogP contribution in [-0.4, -0.2) is 71.2 Å². The highest BCUT2D eigenvalue weighted by atomic mass is 35.5. The van der Waals surface area contributed by atoms with E-state index in [1.54, 1.807) is 4.90 Å². The third-order valence-corrected chi connectivity index (χ3v) is 8.57. The molecule has 0 aromatic heterocycles. The number of likely N-dealkylation sites (tertiary alicyclic amines) is 1. The van der Waals surface area contributed by atoms with Crippen molar-refractivity contribution in [3.05, 3.63) is 33.8 Å². The minimum Gasteiger partial charge on any atom is -0.369 e. The van der Waals surface area contributed by atoms with Crippen LogP contribution in [0.5, 0.6) is 0 Å². The molecule has 3 atom stereocenters. The molecule has 8 heteroatoms. The van der Waals surface area contributed by atoms with E-state index in [0.29, 0.717) is 37.0 Å². The van der Waals surface area contributed by atoms with Gasteiger partial charge in [-0.05, 0) is 62.4 Å². The van der Waals surface area contributed by atoms with Gasteiger partial charge in [0.25, 0.3) is 0 Å². The number of benzene rings is 1. The van der Waals surface area contributed by atoms with Gasteiger partial charge in [0.1, 0.15) is 0 Å². The van der Waals surface area contributed by atoms with Gasteiger partial charge in [-0.15, -0.1) is 0 Å². The van der Waals surface area contributed by atoms with E-state index in [2.05, 4.69) is 16.7 Å². The van der Waals surface area contributed by atoms with Crippen molar-refractivity contribution in [2.45, 2.75) is 71.4 Å². The fourth-order valence-corrected chi connectivity index (χ4v) is 6.62. The van der Waals surface area contributed by atoms with Gasteiger partial charge < -0.3 is 15.5 Å². The number of carbonyl (C=O) groups is 3. The van der Waals surface area contributed by atoms with Crippen molar-refractivity contribution < 1.29 is 14.4 Å². The highest BCUT2D eigenvalue weighted by Gasteiger charge is 2.39. The van der Waals surface area contributed by atoms with Crippen LogP contribution in [0.25, 0.3) is 0 Å². The Balaban J connectivity index is 1.49. The number of hydrogen-bond donors (Lipinski definition) is 1. The maximum Gasteiger partial charge on any atom is 0.226 e. The largest absolute Gasteiger partial charge is 0.369 e. The first-order valence-electron chi connectivity index (χ1n) is 13.1. The van der Waals surface area contributed by atoms with Crippen LogP contribution in [-0.2, 0) is 20.9 Å². The van der Waals surface area contributed by atoms with Crippen molar-refractivity contribution in [1.82, 2.24) is 14.7 Å². The summed E-state index contributed by atoms with van der Waals surface area (Å²) in [6.45, 7) is 10.3. The minimum atomic E-state index is -0.548. The molecule has 2 aliphatic heterocycles. The summed E-state index contributed by atoms with van der Waals surface area (Å²) in [6.07, 6.45) is 4.72. The summed E-state index contributed by atoms with van der Waals surface area (Å²) in [5, 5.41) is 0.576. The van der Waals surface area contributed by atoms with E-state index >= 15 is 0 Å². The highest BCUT2D eigenvalue weighted by Crippen LogP contribution is 2.37. The minimum absolute atomic E-state index is 0.0719. The SMILES string of the molecule is CCN1C[C@H]([C@H](C(N)=O)c2cc(Cl)cc(CN3CCN(C(=O)C4CCCC4)[C@@H](C)C3)c2C)CC1=O. The summed E-state index contributed by atoms with van der Waals surface area (Å²) in [4.78, 5) is 44.2. The fourth-order valence-electron chi connectivity index (χ4n) is 6.37. The quantitative estimate of drug-likeness (QED) is 0.619. The Morgan fingerprint density at radius 3 is 2.49 bits per heavy atom. The maximum atomic E-state index is 13.0. The van der Waals surface area contributed by atoms with E-state index < -0.39 is 11.8 Å². The summed E-state index contributed by atoms with van der Waals surface area (Å²) >= 11 is 6.54. The molecule has 2 heterocycles. The zero-order chi connectivity index (χ0) is 25.3. The zero-order valence-corrected chi connectivity index (χ0v) is 22.0. The van der Waals surface area contributed by atoms with E-state index in [-0.39, 0.29) is 23.8 Å². The Morgan fingerprint density at radius 2 is 1.89 bits per heavy atom. The van der Waals surface area contributed by atoms with Gasteiger partial charge in [0.15, 0.2) is 0 Å². The van der Waals surface area contributed by atoms with Crippen LogP contribution in [0.4, 0.5) is 0 Å². The first kappa shape index (κ1) is 26.0. The molecule has 4 rings (SSSR count). The lowest BCUT2D eigenvalue weighted by Gasteiger charge is -2.41. The van der Waals surface area contributed by atoms with Gasteiger partial charge in [-0.2, -0.15) is 0 Å². The van der Waals surface area contributed by atoms with E-state index in [0.717, 1.165) is 49.2 Å². The highest BCUT2D eigenvalue weighted by molar-refractivity contribution is 6.30. The Labute approximate surface area is 213 Å². The second kappa shape index (κ2) is 10.9. The normalized spacial score (nSPS) is 24.9. The standard InChI is InChI=1S/C27H39ClN4O3/c1-4-31-16-21(12-24(31)33)25(26(29)34)23-13-22(28)11-20(18(23)3)15-30-9-10-32(17(2)14-30)27(35)19-7-5-6-8-19/h11,13,17,19,21,25H,4-10,12,14-16H2,1-3H3,(H2,29,34)/t17-,21+,25-/m0/s1. The second-order valence-electron chi connectivity index (χ2n) is 10.7. The summed E-state index contributed by atoms with van der Waals surface area (Å²) in [5.41, 5.74) is 8.80. The molecule has 0 radical (unpaired) electrons. The Morgan fingerprint density at radius 1 is 1.17 bits per heavy atom. The summed E-state index contributed by atoms with van der Waals surface area (Å²) in [7, 11) is 0. The summed E-state index contributed by atoms with van der Waals surface area (Å²) < 4.78 is 0. The smallest absolute Gasteiger partial charge is 0.226 e. The van der Waals surface area contributed by atoms with Gasteiger partial charge in [0.05, 0.1) is 5.92 Å². The van der Waals surface area contributed by atoms with E-state index in [4.69, 9.17) is 17.3 Å². The summed E-state index contributed by atoms with van der Waals surface area (Å²) in [6, 6.07) is 3.98. The van der Waals surface area contributed by atoms with Crippen LogP contribution in [0.2, 0.25) is 5.02 Å². The molecule has 1 saturated carbocycles. The molecule has 3 aliphatic rings. The number of carbonyl (C=O) groups excluding carboxylic acids is 3. The van der Waals surface area contributed by atoms with Crippen LogP contribution in [0, 0.1) is 18.8 Å². The maximum absolute atomic E-state index is 13.0. The first-order valence-corrected chi connectivity index (χ1v) is 13.5. The molecule has 3 fully saturated rings. The number of nitrogens with two attached hydrogens (primary N) is 1. The first-order chi connectivity index (χ1) is 16.7. The molecular formula is C27H39ClN4O3. The molecule has 0 unspecified atom stereocenters. The van der Waals surface area contributed by atoms with Crippen molar-refractivity contribution >= 4 is 29.3 Å². The number of piperazine rings is 1. The molecule has 1 aliphatic carbocycles. The lowest BCUT2D eigenvalue weighted by atomic mass is 9.81. The molecule has 3 amide bonds. The molecule has 35 heavy (non-hydrogen) atoms. The number of halogens is 1. The Hall–Kier alpha value is -2.12. The molecule has 1 aromatic carbocycles. The van der Waals surface area contributed by atoms with Crippen molar-refractivity contribution in [2.75, 3.05) is 32.7 Å². The average Bonchev–Trinajstić information content (AvgIpc) is 3.46. The molecule has 192 valence electrons. The lowest BCUT2D eigenvalue weighted by molar-refractivity contribution is -0.140. The van der Waals surface area contributed by atoms with E-state index in [1.165, 1.54) is 12.8 Å². The zero-order valence-electron chi connectivity index (χ0n) is 21.3. The number of amides is 3. The molecule has 0 bridgehead atoms. The lowest BCUT2D eigenvalue weighted by Crippen LogP contribution is -2.54. The van der Waals surface area contributed by atoms with Gasteiger partial charge in [0.2, 0.25) is 17.7 Å². The van der Waals surface area contributed by atoms with Crippen LogP contribution in [0.1, 0.15) is 68.6 Å². The van der Waals surface area contributed by atoms with Crippen molar-refractivity contribution in [2.24, 2.45) is 17.6 Å². The molecule has 2 N–H and O–H groups in total. The molecule has 7 nitrogen and oxygen atoms in total. The monoisotopic (exact) mass is 502 g/mol. The summed E-state index contributed by atoms with van der Waals surface area (Å²) in [5.74, 6) is -0.499. The van der Waals surface area contributed by atoms with Crippen molar-refractivity contribution in [3.63, 3.8) is 0 Å². The van der Waals surface area contributed by atoms with Crippen LogP contribution in [0.15, 0.2) is 12.1 Å². The van der Waals surface area contributed by atoms with E-state index in [9.17, 15) is 14.4 Å². The molecule has 1 aromatic rings. The fraction of sp³-hybridized carbons (Fsp3) is 0.667. The average molecular weight is 503 g/mol. The Bertz CT molecular complexity index is 977. The number of rotatable bonds is 7. The second-order valence-corrected chi connectivity index (χ2v) is 11.1. The van der Waals surface area contributed by atoms with E-state index in [1.807, 2.05) is 26.0 Å². The van der Waals surface area contributed by atoms with Crippen LogP contribution < -0.4 is 5.73 Å². The number of nitrogens with zero attached hydrogens (tertiary/aromatic N) is 3. The molecule has 2 saturated heterocycles. The van der Waals surface area contributed by atoms with Crippen molar-refractivity contribution in [1.29, 1.82) is 0 Å². The van der Waals surface area contributed by atoms with Gasteiger partial charge in [-0.1, -0.05) is 24.4 Å². The van der Waals surface area contributed by atoms with Crippen LogP contribution in [0.3, 0.4) is 0 Å². The third kappa shape index (κ3) is 5.51. The Kier molecular flexibility index (Phi) is 8.06. The number of primary amides is 1. The predicted molar refractivity (Wildman–Crippen MR) is 137 cm³/mol. The molecule has 0 spiro atoms.